The van der Waals surface area contributed by atoms with Gasteiger partial charge in [0, 0.05) is 26.2 Å². The number of carbonyl (C=O) groups is 1. The molecule has 0 heterocycles. The van der Waals surface area contributed by atoms with Crippen molar-refractivity contribution in [3.8, 4) is 0 Å². The number of amides is 2. The molecule has 1 rings (SSSR count). The van der Waals surface area contributed by atoms with Crippen molar-refractivity contribution in [1.82, 2.24) is 10.6 Å². The summed E-state index contributed by atoms with van der Waals surface area (Å²) in [4.78, 5) is 10.4. The number of hydrogen-bond donors (Lipinski definition) is 3. The van der Waals surface area contributed by atoms with Crippen molar-refractivity contribution in [2.24, 2.45) is 5.73 Å². The SMILES string of the molecule is COC1CCC(NCCNC(N)=O)CC1. The zero-order valence-corrected chi connectivity index (χ0v) is 9.29. The molecule has 5 heteroatoms. The van der Waals surface area contributed by atoms with Gasteiger partial charge in [0.2, 0.25) is 0 Å². The Morgan fingerprint density at radius 1 is 1.33 bits per heavy atom. The van der Waals surface area contributed by atoms with Gasteiger partial charge < -0.3 is 21.1 Å². The van der Waals surface area contributed by atoms with Crippen LogP contribution in [0.2, 0.25) is 0 Å². The average Bonchev–Trinajstić information content (AvgIpc) is 2.25. The predicted molar refractivity (Wildman–Crippen MR) is 58.6 cm³/mol. The number of rotatable bonds is 5. The fraction of sp³-hybridized carbons (Fsp3) is 0.900. The Morgan fingerprint density at radius 3 is 2.53 bits per heavy atom. The molecule has 4 N–H and O–H groups in total. The number of primary amides is 1. The number of urea groups is 1. The molecule has 1 saturated carbocycles. The Balaban J connectivity index is 2.01. The highest BCUT2D eigenvalue weighted by molar-refractivity contribution is 5.71. The Labute approximate surface area is 90.7 Å². The summed E-state index contributed by atoms with van der Waals surface area (Å²) in [5.41, 5.74) is 4.95. The van der Waals surface area contributed by atoms with Crippen LogP contribution in [0.15, 0.2) is 0 Å². The van der Waals surface area contributed by atoms with Crippen LogP contribution in [0.1, 0.15) is 25.7 Å². The van der Waals surface area contributed by atoms with E-state index in [1.807, 2.05) is 0 Å². The smallest absolute Gasteiger partial charge is 0.312 e. The van der Waals surface area contributed by atoms with Crippen LogP contribution >= 0.6 is 0 Å². The van der Waals surface area contributed by atoms with Gasteiger partial charge in [-0.15, -0.1) is 0 Å². The molecule has 1 aliphatic carbocycles. The van der Waals surface area contributed by atoms with Crippen LogP contribution in [-0.2, 0) is 4.74 Å². The molecule has 0 saturated heterocycles. The van der Waals surface area contributed by atoms with E-state index in [0.29, 0.717) is 18.7 Å². The van der Waals surface area contributed by atoms with E-state index in [-0.39, 0.29) is 0 Å². The summed E-state index contributed by atoms with van der Waals surface area (Å²) in [5, 5.41) is 5.95. The highest BCUT2D eigenvalue weighted by Crippen LogP contribution is 2.20. The fourth-order valence-corrected chi connectivity index (χ4v) is 1.96. The molecule has 15 heavy (non-hydrogen) atoms. The summed E-state index contributed by atoms with van der Waals surface area (Å²) in [7, 11) is 1.77. The number of nitrogens with two attached hydrogens (primary N) is 1. The summed E-state index contributed by atoms with van der Waals surface area (Å²) < 4.78 is 5.30. The Hall–Kier alpha value is -0.810. The van der Waals surface area contributed by atoms with Gasteiger partial charge in [-0.3, -0.25) is 0 Å². The highest BCUT2D eigenvalue weighted by Gasteiger charge is 2.19. The number of ether oxygens (including phenoxy) is 1. The first-order valence-corrected chi connectivity index (χ1v) is 5.52. The van der Waals surface area contributed by atoms with Gasteiger partial charge >= 0.3 is 6.03 Å². The van der Waals surface area contributed by atoms with Crippen molar-refractivity contribution < 1.29 is 9.53 Å². The molecule has 1 fully saturated rings. The second-order valence-electron chi connectivity index (χ2n) is 3.95. The van der Waals surface area contributed by atoms with E-state index >= 15 is 0 Å². The van der Waals surface area contributed by atoms with E-state index in [2.05, 4.69) is 10.6 Å². The predicted octanol–water partition coefficient (Wildman–Crippen LogP) is 0.202. The maximum atomic E-state index is 10.4. The maximum absolute atomic E-state index is 10.4. The van der Waals surface area contributed by atoms with Gasteiger partial charge in [-0.2, -0.15) is 0 Å². The second kappa shape index (κ2) is 6.63. The van der Waals surface area contributed by atoms with Crippen molar-refractivity contribution >= 4 is 6.03 Å². The summed E-state index contributed by atoms with van der Waals surface area (Å²) in [6.07, 6.45) is 4.98. The standard InChI is InChI=1S/C10H21N3O2/c1-15-9-4-2-8(3-5-9)12-6-7-13-10(11)14/h8-9,12H,2-7H2,1H3,(H3,11,13,14). The lowest BCUT2D eigenvalue weighted by atomic mass is 9.93. The zero-order chi connectivity index (χ0) is 11.1. The monoisotopic (exact) mass is 215 g/mol. The number of carbonyl (C=O) groups excluding carboxylic acids is 1. The van der Waals surface area contributed by atoms with E-state index in [1.54, 1.807) is 7.11 Å². The van der Waals surface area contributed by atoms with Gasteiger partial charge in [0.25, 0.3) is 0 Å². The molecule has 0 aromatic rings. The third-order valence-corrected chi connectivity index (χ3v) is 2.86. The van der Waals surface area contributed by atoms with Gasteiger partial charge in [0.15, 0.2) is 0 Å². The Morgan fingerprint density at radius 2 is 2.00 bits per heavy atom. The van der Waals surface area contributed by atoms with Crippen LogP contribution in [0.25, 0.3) is 0 Å². The molecule has 88 valence electrons. The van der Waals surface area contributed by atoms with Gasteiger partial charge in [-0.05, 0) is 25.7 Å². The third kappa shape index (κ3) is 4.99. The minimum absolute atomic E-state index is 0.437. The van der Waals surface area contributed by atoms with Crippen LogP contribution in [0.4, 0.5) is 4.79 Å². The van der Waals surface area contributed by atoms with Crippen LogP contribution in [0, 0.1) is 0 Å². The molecule has 0 atom stereocenters. The zero-order valence-electron chi connectivity index (χ0n) is 9.29. The molecule has 5 nitrogen and oxygen atoms in total. The number of nitrogens with one attached hydrogen (secondary N) is 2. The minimum atomic E-state index is -0.458. The lowest BCUT2D eigenvalue weighted by Gasteiger charge is -2.28. The van der Waals surface area contributed by atoms with Gasteiger partial charge in [0.1, 0.15) is 0 Å². The molecule has 0 spiro atoms. The summed E-state index contributed by atoms with van der Waals surface area (Å²) >= 11 is 0. The lowest BCUT2D eigenvalue weighted by molar-refractivity contribution is 0.0627. The van der Waals surface area contributed by atoms with Gasteiger partial charge in [0.05, 0.1) is 6.10 Å². The Bertz CT molecular complexity index is 191. The Kier molecular flexibility index (Phi) is 5.42. The van der Waals surface area contributed by atoms with E-state index in [1.165, 1.54) is 0 Å². The van der Waals surface area contributed by atoms with Crippen molar-refractivity contribution in [2.75, 3.05) is 20.2 Å². The first-order chi connectivity index (χ1) is 7.22. The summed E-state index contributed by atoms with van der Waals surface area (Å²) in [6, 6.07) is 0.103. The molecule has 2 amide bonds. The maximum Gasteiger partial charge on any atom is 0.312 e. The van der Waals surface area contributed by atoms with E-state index in [4.69, 9.17) is 10.5 Å². The second-order valence-corrected chi connectivity index (χ2v) is 3.95. The summed E-state index contributed by atoms with van der Waals surface area (Å²) in [5.74, 6) is 0. The molecule has 0 unspecified atom stereocenters. The molecule has 1 aliphatic rings. The van der Waals surface area contributed by atoms with Crippen molar-refractivity contribution in [3.63, 3.8) is 0 Å². The summed E-state index contributed by atoms with van der Waals surface area (Å²) in [6.45, 7) is 1.38. The molecular formula is C10H21N3O2. The first-order valence-electron chi connectivity index (χ1n) is 5.52. The van der Waals surface area contributed by atoms with Crippen molar-refractivity contribution in [1.29, 1.82) is 0 Å². The first kappa shape index (κ1) is 12.3. The van der Waals surface area contributed by atoms with Crippen LogP contribution < -0.4 is 16.4 Å². The molecule has 0 bridgehead atoms. The highest BCUT2D eigenvalue weighted by atomic mass is 16.5. The molecule has 0 aromatic heterocycles. The van der Waals surface area contributed by atoms with Crippen LogP contribution in [0.5, 0.6) is 0 Å². The largest absolute Gasteiger partial charge is 0.381 e. The molecular weight excluding hydrogens is 194 g/mol. The average molecular weight is 215 g/mol. The van der Waals surface area contributed by atoms with E-state index in [0.717, 1.165) is 32.2 Å². The fourth-order valence-electron chi connectivity index (χ4n) is 1.96. The van der Waals surface area contributed by atoms with Gasteiger partial charge in [-0.25, -0.2) is 4.79 Å². The quantitative estimate of drug-likeness (QED) is 0.573. The topological polar surface area (TPSA) is 76.4 Å². The van der Waals surface area contributed by atoms with Crippen molar-refractivity contribution in [3.05, 3.63) is 0 Å². The van der Waals surface area contributed by atoms with Crippen LogP contribution in [0.3, 0.4) is 0 Å². The van der Waals surface area contributed by atoms with Crippen LogP contribution in [-0.4, -0.2) is 38.4 Å². The third-order valence-electron chi connectivity index (χ3n) is 2.86. The minimum Gasteiger partial charge on any atom is -0.381 e. The number of hydrogen-bond acceptors (Lipinski definition) is 3. The lowest BCUT2D eigenvalue weighted by Crippen LogP contribution is -2.41. The normalized spacial score (nSPS) is 26.2. The van der Waals surface area contributed by atoms with E-state index < -0.39 is 6.03 Å². The molecule has 0 aliphatic heterocycles. The van der Waals surface area contributed by atoms with Gasteiger partial charge in [-0.1, -0.05) is 0 Å². The molecule has 0 aromatic carbocycles. The van der Waals surface area contributed by atoms with Crippen molar-refractivity contribution in [2.45, 2.75) is 37.8 Å². The number of methoxy groups -OCH3 is 1. The molecule has 0 radical (unpaired) electrons. The van der Waals surface area contributed by atoms with E-state index in [9.17, 15) is 4.79 Å².